The average Bonchev–Trinajstić information content (AvgIpc) is 3.40. The lowest BCUT2D eigenvalue weighted by atomic mass is 9.77. The summed E-state index contributed by atoms with van der Waals surface area (Å²) in [5, 5.41) is 9.09. The van der Waals surface area contributed by atoms with Crippen LogP contribution in [0, 0.1) is 0 Å². The molecule has 42 heavy (non-hydrogen) atoms. The van der Waals surface area contributed by atoms with Crippen LogP contribution in [-0.2, 0) is 23.3 Å². The van der Waals surface area contributed by atoms with Gasteiger partial charge in [-0.05, 0) is 28.7 Å². The van der Waals surface area contributed by atoms with Crippen LogP contribution >= 0.6 is 0 Å². The zero-order valence-electron chi connectivity index (χ0n) is 23.5. The second-order valence-corrected chi connectivity index (χ2v) is 10.2. The second-order valence-electron chi connectivity index (χ2n) is 10.2. The SMILES string of the molecule is CCCc1nn(C(c2ccccc2)(c2ccccc2)c2ccccc2)c2cc(NC(=O)OCc3ccccc3)ncc12. The second kappa shape index (κ2) is 12.1. The van der Waals surface area contributed by atoms with Crippen LogP contribution in [0.5, 0.6) is 0 Å². The van der Waals surface area contributed by atoms with Gasteiger partial charge in [-0.15, -0.1) is 0 Å². The zero-order chi connectivity index (χ0) is 28.8. The molecule has 0 aliphatic heterocycles. The lowest BCUT2D eigenvalue weighted by Crippen LogP contribution is -2.38. The lowest BCUT2D eigenvalue weighted by molar-refractivity contribution is 0.155. The first-order valence-electron chi connectivity index (χ1n) is 14.2. The first-order valence-corrected chi connectivity index (χ1v) is 14.2. The highest BCUT2D eigenvalue weighted by molar-refractivity contribution is 5.89. The maximum absolute atomic E-state index is 12.8. The number of benzene rings is 4. The molecule has 2 heterocycles. The molecule has 0 aliphatic rings. The van der Waals surface area contributed by atoms with Crippen LogP contribution in [0.2, 0.25) is 0 Å². The van der Waals surface area contributed by atoms with Crippen LogP contribution in [0.15, 0.2) is 134 Å². The van der Waals surface area contributed by atoms with Gasteiger partial charge in [0.2, 0.25) is 0 Å². The van der Waals surface area contributed by atoms with Crippen LogP contribution in [0.25, 0.3) is 10.9 Å². The molecule has 0 radical (unpaired) electrons. The van der Waals surface area contributed by atoms with Crippen molar-refractivity contribution in [3.05, 3.63) is 162 Å². The van der Waals surface area contributed by atoms with Crippen molar-refractivity contribution in [2.75, 3.05) is 5.32 Å². The van der Waals surface area contributed by atoms with Gasteiger partial charge in [-0.25, -0.2) is 14.5 Å². The molecule has 6 heteroatoms. The Morgan fingerprint density at radius 2 is 1.31 bits per heavy atom. The molecule has 0 unspecified atom stereocenters. The monoisotopic (exact) mass is 552 g/mol. The maximum atomic E-state index is 12.8. The summed E-state index contributed by atoms with van der Waals surface area (Å²) in [5.74, 6) is 0.396. The van der Waals surface area contributed by atoms with Crippen LogP contribution in [0.4, 0.5) is 10.6 Å². The summed E-state index contributed by atoms with van der Waals surface area (Å²) in [6.45, 7) is 2.32. The molecule has 0 spiro atoms. The number of hydrogen-bond donors (Lipinski definition) is 1. The van der Waals surface area contributed by atoms with Gasteiger partial charge >= 0.3 is 6.09 Å². The minimum atomic E-state index is -0.791. The normalized spacial score (nSPS) is 11.4. The van der Waals surface area contributed by atoms with Gasteiger partial charge in [0.1, 0.15) is 18.0 Å². The molecule has 1 amide bonds. The van der Waals surface area contributed by atoms with Gasteiger partial charge in [0.25, 0.3) is 0 Å². The van der Waals surface area contributed by atoms with Crippen molar-refractivity contribution in [1.29, 1.82) is 0 Å². The Morgan fingerprint density at radius 1 is 0.786 bits per heavy atom. The predicted molar refractivity (Wildman–Crippen MR) is 166 cm³/mol. The molecule has 0 aliphatic carbocycles. The summed E-state index contributed by atoms with van der Waals surface area (Å²) in [6.07, 6.45) is 2.98. The number of ether oxygens (including phenoxy) is 1. The largest absolute Gasteiger partial charge is 0.444 e. The van der Waals surface area contributed by atoms with Crippen LogP contribution in [0.3, 0.4) is 0 Å². The molecule has 6 nitrogen and oxygen atoms in total. The Bertz CT molecular complexity index is 1670. The molecule has 0 atom stereocenters. The number of amides is 1. The van der Waals surface area contributed by atoms with E-state index in [1.165, 1.54) is 0 Å². The quantitative estimate of drug-likeness (QED) is 0.185. The van der Waals surface area contributed by atoms with Crippen molar-refractivity contribution in [1.82, 2.24) is 14.8 Å². The third-order valence-corrected chi connectivity index (χ3v) is 7.46. The third-order valence-electron chi connectivity index (χ3n) is 7.46. The number of carbonyl (C=O) groups is 1. The number of aryl methyl sites for hydroxylation is 1. The summed E-state index contributed by atoms with van der Waals surface area (Å²) in [4.78, 5) is 17.4. The molecule has 2 aromatic heterocycles. The van der Waals surface area contributed by atoms with Crippen molar-refractivity contribution >= 4 is 22.8 Å². The zero-order valence-corrected chi connectivity index (χ0v) is 23.5. The number of fused-ring (bicyclic) bond motifs is 1. The molecule has 1 N–H and O–H groups in total. The van der Waals surface area contributed by atoms with E-state index in [0.29, 0.717) is 5.82 Å². The van der Waals surface area contributed by atoms with Gasteiger partial charge < -0.3 is 4.74 Å². The van der Waals surface area contributed by atoms with E-state index in [0.717, 1.165) is 51.7 Å². The Balaban J connectivity index is 1.53. The standard InChI is InChI=1S/C36H32N4O2/c1-2-15-32-31-25-37-34(38-35(41)42-26-27-16-7-3-8-17-27)24-33(31)40(39-32)36(28-18-9-4-10-19-28,29-20-11-5-12-21-29)30-22-13-6-14-23-30/h3-14,16-25H,2,15,26H2,1H3,(H,37,38,41). The highest BCUT2D eigenvalue weighted by Crippen LogP contribution is 2.43. The number of anilines is 1. The van der Waals surface area contributed by atoms with Crippen LogP contribution in [0.1, 0.15) is 41.3 Å². The number of rotatable bonds is 9. The molecular formula is C36H32N4O2. The fourth-order valence-electron chi connectivity index (χ4n) is 5.58. The maximum Gasteiger partial charge on any atom is 0.413 e. The van der Waals surface area contributed by atoms with E-state index in [2.05, 4.69) is 94.7 Å². The molecule has 0 fully saturated rings. The van der Waals surface area contributed by atoms with E-state index in [9.17, 15) is 4.79 Å². The number of nitrogens with zero attached hydrogens (tertiary/aromatic N) is 3. The van der Waals surface area contributed by atoms with Gasteiger partial charge in [0.05, 0.1) is 11.2 Å². The average molecular weight is 553 g/mol. The highest BCUT2D eigenvalue weighted by Gasteiger charge is 2.41. The smallest absolute Gasteiger partial charge is 0.413 e. The minimum absolute atomic E-state index is 0.173. The predicted octanol–water partition coefficient (Wildman–Crippen LogP) is 7.97. The fraction of sp³-hybridized carbons (Fsp3) is 0.139. The highest BCUT2D eigenvalue weighted by atomic mass is 16.5. The van der Waals surface area contributed by atoms with Gasteiger partial charge in [-0.3, -0.25) is 5.32 Å². The molecule has 208 valence electrons. The van der Waals surface area contributed by atoms with Crippen molar-refractivity contribution in [3.8, 4) is 0 Å². The Labute approximate surface area is 245 Å². The van der Waals surface area contributed by atoms with E-state index >= 15 is 0 Å². The summed E-state index contributed by atoms with van der Waals surface area (Å²) in [5.41, 5.74) is 5.17. The lowest BCUT2D eigenvalue weighted by Gasteiger charge is -2.37. The molecular weight excluding hydrogens is 520 g/mol. The van der Waals surface area contributed by atoms with Crippen molar-refractivity contribution in [3.63, 3.8) is 0 Å². The molecule has 6 aromatic rings. The van der Waals surface area contributed by atoms with E-state index in [1.54, 1.807) is 0 Å². The number of pyridine rings is 1. The topological polar surface area (TPSA) is 69.0 Å². The summed E-state index contributed by atoms with van der Waals surface area (Å²) in [6, 6.07) is 42.8. The fourth-order valence-corrected chi connectivity index (χ4v) is 5.58. The van der Waals surface area contributed by atoms with Crippen LogP contribution in [-0.4, -0.2) is 20.9 Å². The molecule has 0 saturated carbocycles. The number of aromatic nitrogens is 3. The molecule has 0 saturated heterocycles. The molecule has 4 aromatic carbocycles. The Kier molecular flexibility index (Phi) is 7.77. The van der Waals surface area contributed by atoms with Gasteiger partial charge in [0.15, 0.2) is 0 Å². The van der Waals surface area contributed by atoms with Gasteiger partial charge in [-0.1, -0.05) is 135 Å². The summed E-state index contributed by atoms with van der Waals surface area (Å²) < 4.78 is 7.59. The number of nitrogens with one attached hydrogen (secondary N) is 1. The van der Waals surface area contributed by atoms with E-state index in [4.69, 9.17) is 9.84 Å². The van der Waals surface area contributed by atoms with E-state index < -0.39 is 11.6 Å². The number of hydrogen-bond acceptors (Lipinski definition) is 4. The van der Waals surface area contributed by atoms with Crippen molar-refractivity contribution in [2.24, 2.45) is 0 Å². The first kappa shape index (κ1) is 27.0. The molecule has 0 bridgehead atoms. The van der Waals surface area contributed by atoms with Crippen molar-refractivity contribution < 1.29 is 9.53 Å². The van der Waals surface area contributed by atoms with E-state index in [-0.39, 0.29) is 6.61 Å². The first-order chi connectivity index (χ1) is 20.7. The third kappa shape index (κ3) is 5.15. The number of carbonyl (C=O) groups excluding carboxylic acids is 1. The van der Waals surface area contributed by atoms with E-state index in [1.807, 2.05) is 60.8 Å². The summed E-state index contributed by atoms with van der Waals surface area (Å²) in [7, 11) is 0. The Hall–Kier alpha value is -5.23. The van der Waals surface area contributed by atoms with Gasteiger partial charge in [-0.2, -0.15) is 5.10 Å². The van der Waals surface area contributed by atoms with Crippen molar-refractivity contribution in [2.45, 2.75) is 31.9 Å². The minimum Gasteiger partial charge on any atom is -0.444 e. The van der Waals surface area contributed by atoms with Gasteiger partial charge in [0, 0.05) is 17.6 Å². The molecule has 6 rings (SSSR count). The summed E-state index contributed by atoms with van der Waals surface area (Å²) >= 11 is 0. The Morgan fingerprint density at radius 3 is 1.83 bits per heavy atom. The van der Waals surface area contributed by atoms with Crippen LogP contribution < -0.4 is 5.32 Å².